The van der Waals surface area contributed by atoms with Gasteiger partial charge in [0.2, 0.25) is 0 Å². The molecule has 0 saturated carbocycles. The van der Waals surface area contributed by atoms with Crippen molar-refractivity contribution in [3.8, 4) is 0 Å². The summed E-state index contributed by atoms with van der Waals surface area (Å²) >= 11 is 0. The molecule has 23 heavy (non-hydrogen) atoms. The maximum atomic E-state index is 11.8. The number of rotatable bonds is 6. The number of benzene rings is 2. The van der Waals surface area contributed by atoms with E-state index in [0.717, 1.165) is 17.0 Å². The molecule has 0 aliphatic carbocycles. The molecule has 0 bridgehead atoms. The highest BCUT2D eigenvalue weighted by Gasteiger charge is 1.99. The maximum absolute atomic E-state index is 11.8. The van der Waals surface area contributed by atoms with Gasteiger partial charge in [-0.2, -0.15) is 5.10 Å². The van der Waals surface area contributed by atoms with Crippen LogP contribution in [0.15, 0.2) is 65.8 Å². The monoisotopic (exact) mass is 307 g/mol. The molecule has 1 amide bonds. The van der Waals surface area contributed by atoms with E-state index >= 15 is 0 Å². The summed E-state index contributed by atoms with van der Waals surface area (Å²) in [5.74, 6) is -0.182. The third-order valence-electron chi connectivity index (χ3n) is 3.18. The number of amides is 1. The molecule has 0 aliphatic heterocycles. The molecule has 0 unspecified atom stereocenters. The summed E-state index contributed by atoms with van der Waals surface area (Å²) in [6, 6.07) is 17.8. The van der Waals surface area contributed by atoms with Gasteiger partial charge in [-0.05, 0) is 37.6 Å². The molecule has 2 rings (SSSR count). The molecule has 118 valence electrons. The summed E-state index contributed by atoms with van der Waals surface area (Å²) in [5, 5.41) is 7.11. The van der Waals surface area contributed by atoms with Crippen molar-refractivity contribution in [3.63, 3.8) is 0 Å². The maximum Gasteiger partial charge on any atom is 0.259 e. The number of nitrogens with zero attached hydrogens (tertiary/aromatic N) is 1. The molecule has 4 nitrogen and oxygen atoms in total. The first-order valence-corrected chi connectivity index (χ1v) is 7.50. The Bertz CT molecular complexity index is 688. The standard InChI is InChI=1S/C19H21N3O/c1-15-8-12-18(13-9-15)20-14-19(23)22-21-16(2)10-11-17-6-4-3-5-7-17/h3-13,20H,14H2,1-2H3,(H,22,23)/b11-10+,21-16+. The first-order chi connectivity index (χ1) is 11.1. The Morgan fingerprint density at radius 3 is 2.48 bits per heavy atom. The zero-order valence-corrected chi connectivity index (χ0v) is 13.4. The van der Waals surface area contributed by atoms with Crippen LogP contribution in [0.3, 0.4) is 0 Å². The smallest absolute Gasteiger partial charge is 0.259 e. The summed E-state index contributed by atoms with van der Waals surface area (Å²) in [7, 11) is 0. The van der Waals surface area contributed by atoms with Crippen molar-refractivity contribution in [1.82, 2.24) is 5.43 Å². The molecule has 2 N–H and O–H groups in total. The molecule has 0 aromatic heterocycles. The Balaban J connectivity index is 1.78. The van der Waals surface area contributed by atoms with E-state index in [9.17, 15) is 4.79 Å². The Morgan fingerprint density at radius 2 is 1.78 bits per heavy atom. The third-order valence-corrected chi connectivity index (χ3v) is 3.18. The first-order valence-electron chi connectivity index (χ1n) is 7.50. The number of aryl methyl sites for hydroxylation is 1. The Hall–Kier alpha value is -2.88. The second-order valence-electron chi connectivity index (χ2n) is 5.25. The van der Waals surface area contributed by atoms with Crippen LogP contribution in [0.4, 0.5) is 5.69 Å². The fourth-order valence-corrected chi connectivity index (χ4v) is 1.86. The van der Waals surface area contributed by atoms with E-state index < -0.39 is 0 Å². The number of anilines is 1. The van der Waals surface area contributed by atoms with Gasteiger partial charge in [-0.3, -0.25) is 4.79 Å². The summed E-state index contributed by atoms with van der Waals surface area (Å²) in [4.78, 5) is 11.8. The van der Waals surface area contributed by atoms with Crippen LogP contribution in [0.2, 0.25) is 0 Å². The Kier molecular flexibility index (Phi) is 6.12. The van der Waals surface area contributed by atoms with Crippen molar-refractivity contribution < 1.29 is 4.79 Å². The van der Waals surface area contributed by atoms with Crippen molar-refractivity contribution in [2.24, 2.45) is 5.10 Å². The average molecular weight is 307 g/mol. The molecule has 4 heteroatoms. The predicted octanol–water partition coefficient (Wildman–Crippen LogP) is 3.61. The fourth-order valence-electron chi connectivity index (χ4n) is 1.86. The van der Waals surface area contributed by atoms with Gasteiger partial charge in [0.1, 0.15) is 0 Å². The fraction of sp³-hybridized carbons (Fsp3) is 0.158. The van der Waals surface area contributed by atoms with Crippen molar-refractivity contribution in [1.29, 1.82) is 0 Å². The van der Waals surface area contributed by atoms with E-state index in [2.05, 4.69) is 15.8 Å². The van der Waals surface area contributed by atoms with Crippen LogP contribution in [0.1, 0.15) is 18.1 Å². The van der Waals surface area contributed by atoms with Gasteiger partial charge in [-0.1, -0.05) is 54.1 Å². The minimum absolute atomic E-state index is 0.182. The molecule has 0 radical (unpaired) electrons. The average Bonchev–Trinajstić information content (AvgIpc) is 2.58. The minimum atomic E-state index is -0.182. The van der Waals surface area contributed by atoms with Crippen LogP contribution >= 0.6 is 0 Å². The second-order valence-corrected chi connectivity index (χ2v) is 5.25. The Morgan fingerprint density at radius 1 is 1.09 bits per heavy atom. The van der Waals surface area contributed by atoms with E-state index in [0.29, 0.717) is 0 Å². The van der Waals surface area contributed by atoms with Gasteiger partial charge in [0, 0.05) is 5.69 Å². The van der Waals surface area contributed by atoms with Gasteiger partial charge in [-0.15, -0.1) is 0 Å². The molecule has 0 spiro atoms. The highest BCUT2D eigenvalue weighted by Crippen LogP contribution is 2.07. The highest BCUT2D eigenvalue weighted by atomic mass is 16.2. The van der Waals surface area contributed by atoms with Crippen molar-refractivity contribution in [2.45, 2.75) is 13.8 Å². The van der Waals surface area contributed by atoms with Crippen LogP contribution in [-0.4, -0.2) is 18.2 Å². The molecule has 0 aliphatic rings. The third kappa shape index (κ3) is 6.18. The van der Waals surface area contributed by atoms with E-state index in [1.54, 1.807) is 0 Å². The zero-order valence-electron chi connectivity index (χ0n) is 13.4. The van der Waals surface area contributed by atoms with Crippen LogP contribution in [0.25, 0.3) is 6.08 Å². The second kappa shape index (κ2) is 8.54. The minimum Gasteiger partial charge on any atom is -0.376 e. The van der Waals surface area contributed by atoms with Crippen molar-refractivity contribution >= 4 is 23.4 Å². The van der Waals surface area contributed by atoms with Gasteiger partial charge in [0.25, 0.3) is 5.91 Å². The lowest BCUT2D eigenvalue weighted by Crippen LogP contribution is -2.26. The molecular weight excluding hydrogens is 286 g/mol. The molecule has 0 saturated heterocycles. The number of nitrogens with one attached hydrogen (secondary N) is 2. The van der Waals surface area contributed by atoms with Gasteiger partial charge in [0.05, 0.1) is 12.3 Å². The van der Waals surface area contributed by atoms with Crippen molar-refractivity contribution in [3.05, 3.63) is 71.8 Å². The number of hydrogen-bond donors (Lipinski definition) is 2. The molecule has 2 aromatic carbocycles. The number of hydrazone groups is 1. The van der Waals surface area contributed by atoms with E-state index in [4.69, 9.17) is 0 Å². The lowest BCUT2D eigenvalue weighted by Gasteiger charge is -2.05. The molecular formula is C19H21N3O. The quantitative estimate of drug-likeness (QED) is 0.632. The zero-order chi connectivity index (χ0) is 16.5. The first kappa shape index (κ1) is 16.5. The van der Waals surface area contributed by atoms with Gasteiger partial charge >= 0.3 is 0 Å². The number of hydrogen-bond acceptors (Lipinski definition) is 3. The summed E-state index contributed by atoms with van der Waals surface area (Å²) in [6.07, 6.45) is 3.82. The van der Waals surface area contributed by atoms with Crippen LogP contribution in [0, 0.1) is 6.92 Å². The van der Waals surface area contributed by atoms with Gasteiger partial charge in [0.15, 0.2) is 0 Å². The number of allylic oxidation sites excluding steroid dienone is 1. The SMILES string of the molecule is CC(/C=C/c1ccccc1)=N\NC(=O)CNc1ccc(C)cc1. The molecule has 0 fully saturated rings. The van der Waals surface area contributed by atoms with Crippen LogP contribution in [0.5, 0.6) is 0 Å². The number of carbonyl (C=O) groups is 1. The van der Waals surface area contributed by atoms with E-state index in [1.807, 2.05) is 80.6 Å². The van der Waals surface area contributed by atoms with Crippen LogP contribution in [-0.2, 0) is 4.79 Å². The lowest BCUT2D eigenvalue weighted by molar-refractivity contribution is -0.119. The molecule has 0 heterocycles. The van der Waals surface area contributed by atoms with Gasteiger partial charge < -0.3 is 5.32 Å². The normalized spacial score (nSPS) is 11.5. The van der Waals surface area contributed by atoms with E-state index in [-0.39, 0.29) is 12.5 Å². The Labute approximate surface area is 136 Å². The topological polar surface area (TPSA) is 53.5 Å². The van der Waals surface area contributed by atoms with E-state index in [1.165, 1.54) is 5.56 Å². The highest BCUT2D eigenvalue weighted by molar-refractivity contribution is 5.97. The van der Waals surface area contributed by atoms with Crippen molar-refractivity contribution in [2.75, 3.05) is 11.9 Å². The molecule has 0 atom stereocenters. The molecule has 2 aromatic rings. The van der Waals surface area contributed by atoms with Gasteiger partial charge in [-0.25, -0.2) is 5.43 Å². The van der Waals surface area contributed by atoms with Crippen LogP contribution < -0.4 is 10.7 Å². The summed E-state index contributed by atoms with van der Waals surface area (Å²) < 4.78 is 0. The largest absolute Gasteiger partial charge is 0.376 e. The predicted molar refractivity (Wildman–Crippen MR) is 96.4 cm³/mol. The lowest BCUT2D eigenvalue weighted by atomic mass is 10.2. The number of carbonyl (C=O) groups excluding carboxylic acids is 1. The summed E-state index contributed by atoms with van der Waals surface area (Å²) in [5.41, 5.74) is 6.46. The summed E-state index contributed by atoms with van der Waals surface area (Å²) in [6.45, 7) is 4.05.